The van der Waals surface area contributed by atoms with Crippen LogP contribution in [0.1, 0.15) is 18.8 Å². The molecule has 0 aliphatic carbocycles. The third kappa shape index (κ3) is 3.17. The van der Waals surface area contributed by atoms with Crippen molar-refractivity contribution in [3.63, 3.8) is 0 Å². The van der Waals surface area contributed by atoms with Crippen molar-refractivity contribution in [2.24, 2.45) is 0 Å². The van der Waals surface area contributed by atoms with Gasteiger partial charge in [-0.25, -0.2) is 22.5 Å². The van der Waals surface area contributed by atoms with Crippen molar-refractivity contribution in [1.82, 2.24) is 19.9 Å². The lowest BCUT2D eigenvalue weighted by Gasteiger charge is -2.12. The lowest BCUT2D eigenvalue weighted by atomic mass is 10.3. The van der Waals surface area contributed by atoms with Crippen LogP contribution in [0, 0.1) is 5.82 Å². The normalized spacial score (nSPS) is 13.4. The minimum absolute atomic E-state index is 0.348. The Balaban J connectivity index is 2.28. The van der Waals surface area contributed by atoms with E-state index in [2.05, 4.69) is 35.8 Å². The van der Waals surface area contributed by atoms with Crippen LogP contribution in [0.4, 0.5) is 4.39 Å². The molecule has 0 aliphatic rings. The average Bonchev–Trinajstić information content (AvgIpc) is 2.80. The second-order valence-corrected chi connectivity index (χ2v) is 6.39. The molecule has 0 saturated carbocycles. The SMILES string of the molecule is CC(NS(=O)(=O)c1ccc(Br)cc1F)c1ncn[nH]1. The molecule has 0 radical (unpaired) electrons. The van der Waals surface area contributed by atoms with E-state index < -0.39 is 26.8 Å². The number of nitrogens with one attached hydrogen (secondary N) is 2. The number of nitrogens with zero attached hydrogens (tertiary/aromatic N) is 2. The van der Waals surface area contributed by atoms with Gasteiger partial charge in [-0.2, -0.15) is 5.10 Å². The Kier molecular flexibility index (Phi) is 3.97. The van der Waals surface area contributed by atoms with Crippen LogP contribution in [-0.4, -0.2) is 23.6 Å². The Hall–Kier alpha value is -1.32. The molecule has 2 N–H and O–H groups in total. The Morgan fingerprint density at radius 1 is 1.47 bits per heavy atom. The van der Waals surface area contributed by atoms with Crippen molar-refractivity contribution in [2.45, 2.75) is 17.9 Å². The van der Waals surface area contributed by atoms with Gasteiger partial charge in [0.05, 0.1) is 6.04 Å². The van der Waals surface area contributed by atoms with E-state index in [1.807, 2.05) is 0 Å². The maximum atomic E-state index is 13.7. The first-order valence-corrected chi connectivity index (χ1v) is 7.50. The van der Waals surface area contributed by atoms with Crippen molar-refractivity contribution in [3.8, 4) is 0 Å². The fourth-order valence-electron chi connectivity index (χ4n) is 1.47. The number of hydrogen-bond donors (Lipinski definition) is 2. The monoisotopic (exact) mass is 348 g/mol. The zero-order valence-corrected chi connectivity index (χ0v) is 12.2. The molecule has 1 unspecified atom stereocenters. The van der Waals surface area contributed by atoms with Gasteiger partial charge in [0, 0.05) is 4.47 Å². The number of benzene rings is 1. The van der Waals surface area contributed by atoms with Crippen molar-refractivity contribution in [2.75, 3.05) is 0 Å². The second-order valence-electron chi connectivity index (χ2n) is 3.79. The van der Waals surface area contributed by atoms with Gasteiger partial charge in [-0.15, -0.1) is 0 Å². The van der Waals surface area contributed by atoms with Crippen LogP contribution in [0.3, 0.4) is 0 Å². The van der Waals surface area contributed by atoms with E-state index in [9.17, 15) is 12.8 Å². The van der Waals surface area contributed by atoms with Crippen molar-refractivity contribution >= 4 is 26.0 Å². The van der Waals surface area contributed by atoms with Gasteiger partial charge in [-0.05, 0) is 25.1 Å². The Bertz CT molecular complexity index is 675. The van der Waals surface area contributed by atoms with Gasteiger partial charge in [-0.1, -0.05) is 15.9 Å². The first-order valence-electron chi connectivity index (χ1n) is 5.23. The summed E-state index contributed by atoms with van der Waals surface area (Å²) in [6.07, 6.45) is 1.26. The van der Waals surface area contributed by atoms with Crippen molar-refractivity contribution < 1.29 is 12.8 Å². The lowest BCUT2D eigenvalue weighted by molar-refractivity contribution is 0.542. The number of H-pyrrole nitrogens is 1. The predicted octanol–water partition coefficient (Wildman–Crippen LogP) is 1.75. The van der Waals surface area contributed by atoms with Gasteiger partial charge in [0.2, 0.25) is 10.0 Å². The first-order chi connectivity index (χ1) is 8.90. The molecule has 0 fully saturated rings. The van der Waals surface area contributed by atoms with E-state index in [1.165, 1.54) is 18.5 Å². The summed E-state index contributed by atoms with van der Waals surface area (Å²) in [5, 5.41) is 6.17. The highest BCUT2D eigenvalue weighted by molar-refractivity contribution is 9.10. The van der Waals surface area contributed by atoms with Gasteiger partial charge in [-0.3, -0.25) is 5.10 Å². The molecule has 6 nitrogen and oxygen atoms in total. The van der Waals surface area contributed by atoms with E-state index in [-0.39, 0.29) is 0 Å². The van der Waals surface area contributed by atoms with Gasteiger partial charge < -0.3 is 0 Å². The summed E-state index contributed by atoms with van der Waals surface area (Å²) < 4.78 is 40.5. The minimum Gasteiger partial charge on any atom is -0.262 e. The summed E-state index contributed by atoms with van der Waals surface area (Å²) >= 11 is 3.07. The molecule has 0 aliphatic heterocycles. The Morgan fingerprint density at radius 3 is 2.79 bits per heavy atom. The van der Waals surface area contributed by atoms with Crippen LogP contribution in [0.2, 0.25) is 0 Å². The Labute approximate surface area is 117 Å². The second kappa shape index (κ2) is 5.35. The quantitative estimate of drug-likeness (QED) is 0.880. The average molecular weight is 349 g/mol. The van der Waals surface area contributed by atoms with Crippen LogP contribution < -0.4 is 4.72 Å². The van der Waals surface area contributed by atoms with Gasteiger partial charge in [0.1, 0.15) is 22.9 Å². The number of aromatic nitrogens is 3. The summed E-state index contributed by atoms with van der Waals surface area (Å²) in [6, 6.07) is 3.09. The minimum atomic E-state index is -3.97. The zero-order chi connectivity index (χ0) is 14.0. The summed E-state index contributed by atoms with van der Waals surface area (Å²) in [6.45, 7) is 1.58. The molecule has 19 heavy (non-hydrogen) atoms. The van der Waals surface area contributed by atoms with E-state index in [0.717, 1.165) is 6.07 Å². The summed E-state index contributed by atoms with van der Waals surface area (Å²) in [4.78, 5) is 3.42. The van der Waals surface area contributed by atoms with Crippen LogP contribution in [0.5, 0.6) is 0 Å². The molecule has 1 aromatic carbocycles. The molecule has 9 heteroatoms. The molecular formula is C10H10BrFN4O2S. The van der Waals surface area contributed by atoms with Crippen LogP contribution in [0.25, 0.3) is 0 Å². The zero-order valence-electron chi connectivity index (χ0n) is 9.76. The van der Waals surface area contributed by atoms with Crippen molar-refractivity contribution in [3.05, 3.63) is 40.6 Å². The largest absolute Gasteiger partial charge is 0.262 e. The lowest BCUT2D eigenvalue weighted by Crippen LogP contribution is -2.28. The molecule has 102 valence electrons. The standard InChI is InChI=1S/C10H10BrFN4O2S/c1-6(10-13-5-14-15-10)16-19(17,18)9-3-2-7(11)4-8(9)12/h2-6,16H,1H3,(H,13,14,15). The highest BCUT2D eigenvalue weighted by atomic mass is 79.9. The number of hydrogen-bond acceptors (Lipinski definition) is 4. The molecule has 0 saturated heterocycles. The van der Waals surface area contributed by atoms with E-state index in [0.29, 0.717) is 10.3 Å². The van der Waals surface area contributed by atoms with E-state index in [4.69, 9.17) is 0 Å². The number of aromatic amines is 1. The van der Waals surface area contributed by atoms with E-state index >= 15 is 0 Å². The number of halogens is 2. The fourth-order valence-corrected chi connectivity index (χ4v) is 3.07. The molecule has 1 aromatic heterocycles. The topological polar surface area (TPSA) is 87.7 Å². The molecule has 0 bridgehead atoms. The number of rotatable bonds is 4. The molecule has 2 aromatic rings. The smallest absolute Gasteiger partial charge is 0.244 e. The third-order valence-corrected chi connectivity index (χ3v) is 4.43. The molecule has 0 amide bonds. The molecule has 1 heterocycles. The maximum Gasteiger partial charge on any atom is 0.244 e. The first kappa shape index (κ1) is 14.1. The third-order valence-electron chi connectivity index (χ3n) is 2.36. The van der Waals surface area contributed by atoms with Crippen LogP contribution >= 0.6 is 15.9 Å². The summed E-state index contributed by atoms with van der Waals surface area (Å²) in [5.41, 5.74) is 0. The van der Waals surface area contributed by atoms with Gasteiger partial charge in [0.25, 0.3) is 0 Å². The van der Waals surface area contributed by atoms with Gasteiger partial charge >= 0.3 is 0 Å². The Morgan fingerprint density at radius 2 is 2.21 bits per heavy atom. The highest BCUT2D eigenvalue weighted by Gasteiger charge is 2.23. The molecule has 2 rings (SSSR count). The van der Waals surface area contributed by atoms with Crippen molar-refractivity contribution in [1.29, 1.82) is 0 Å². The summed E-state index contributed by atoms with van der Waals surface area (Å²) in [7, 11) is -3.97. The number of sulfonamides is 1. The van der Waals surface area contributed by atoms with Crippen LogP contribution in [0.15, 0.2) is 33.9 Å². The maximum absolute atomic E-state index is 13.7. The molecule has 0 spiro atoms. The van der Waals surface area contributed by atoms with Crippen LogP contribution in [-0.2, 0) is 10.0 Å². The molecule has 1 atom stereocenters. The molecular weight excluding hydrogens is 339 g/mol. The van der Waals surface area contributed by atoms with Gasteiger partial charge in [0.15, 0.2) is 0 Å². The predicted molar refractivity (Wildman–Crippen MR) is 69.2 cm³/mol. The highest BCUT2D eigenvalue weighted by Crippen LogP contribution is 2.20. The van der Waals surface area contributed by atoms with E-state index in [1.54, 1.807) is 6.92 Å². The fraction of sp³-hybridized carbons (Fsp3) is 0.200. The summed E-state index contributed by atoms with van der Waals surface area (Å²) in [5.74, 6) is -0.479.